The summed E-state index contributed by atoms with van der Waals surface area (Å²) in [6, 6.07) is 0. The van der Waals surface area contributed by atoms with Crippen molar-refractivity contribution >= 4 is 5.97 Å². The number of esters is 1. The highest BCUT2D eigenvalue weighted by molar-refractivity contribution is 5.72. The van der Waals surface area contributed by atoms with E-state index in [1.54, 1.807) is 0 Å². The Morgan fingerprint density at radius 3 is 3.20 bits per heavy atom. The van der Waals surface area contributed by atoms with Crippen molar-refractivity contribution in [3.63, 3.8) is 0 Å². The van der Waals surface area contributed by atoms with Crippen LogP contribution in [-0.4, -0.2) is 11.8 Å². The van der Waals surface area contributed by atoms with Gasteiger partial charge in [0.1, 0.15) is 0 Å². The number of carbonyl (C=O) groups is 1. The van der Waals surface area contributed by atoms with Crippen LogP contribution in [0, 0.1) is 5.92 Å². The molecule has 1 saturated heterocycles. The van der Waals surface area contributed by atoms with Crippen molar-refractivity contribution in [2.45, 2.75) is 31.5 Å². The number of alkyl halides is 1. The van der Waals surface area contributed by atoms with Gasteiger partial charge in [0.05, 0.1) is 6.42 Å². The fourth-order valence-electron chi connectivity index (χ4n) is 1.83. The van der Waals surface area contributed by atoms with E-state index in [0.29, 0.717) is 6.42 Å². The van der Waals surface area contributed by atoms with Crippen LogP contribution in [0.3, 0.4) is 0 Å². The smallest absolute Gasteiger partial charge is 0.309 e. The third kappa shape index (κ3) is 0.662. The summed E-state index contributed by atoms with van der Waals surface area (Å²) in [6.45, 7) is 0. The topological polar surface area (TPSA) is 26.3 Å². The maximum atomic E-state index is 13.3. The Hall–Kier alpha value is -0.600. The van der Waals surface area contributed by atoms with Crippen LogP contribution in [0.5, 0.6) is 0 Å². The Morgan fingerprint density at radius 1 is 1.70 bits per heavy atom. The van der Waals surface area contributed by atoms with E-state index >= 15 is 0 Å². The number of ether oxygens (including phenoxy) is 1. The van der Waals surface area contributed by atoms with Crippen molar-refractivity contribution in [3.05, 3.63) is 0 Å². The van der Waals surface area contributed by atoms with Crippen molar-refractivity contribution in [1.82, 2.24) is 0 Å². The minimum Gasteiger partial charge on any atom is -0.428 e. The van der Waals surface area contributed by atoms with Crippen LogP contribution in [0.25, 0.3) is 0 Å². The molecule has 0 N–H and O–H groups in total. The normalized spacial score (nSPS) is 45.3. The van der Waals surface area contributed by atoms with Crippen molar-refractivity contribution < 1.29 is 13.9 Å². The maximum absolute atomic E-state index is 13.3. The third-order valence-electron chi connectivity index (χ3n) is 2.38. The number of hydrogen-bond acceptors (Lipinski definition) is 2. The quantitative estimate of drug-likeness (QED) is 0.480. The van der Waals surface area contributed by atoms with Gasteiger partial charge < -0.3 is 4.74 Å². The van der Waals surface area contributed by atoms with Crippen LogP contribution in [-0.2, 0) is 9.53 Å². The van der Waals surface area contributed by atoms with Gasteiger partial charge in [-0.25, -0.2) is 0 Å². The van der Waals surface area contributed by atoms with Crippen molar-refractivity contribution in [2.75, 3.05) is 0 Å². The highest BCUT2D eigenvalue weighted by Gasteiger charge is 2.52. The molecule has 1 saturated carbocycles. The fraction of sp³-hybridized carbons (Fsp3) is 0.857. The Bertz CT molecular complexity index is 180. The van der Waals surface area contributed by atoms with Gasteiger partial charge in [0, 0.05) is 12.3 Å². The third-order valence-corrected chi connectivity index (χ3v) is 2.38. The summed E-state index contributed by atoms with van der Waals surface area (Å²) in [5.74, 6) is -2.08. The van der Waals surface area contributed by atoms with Gasteiger partial charge in [-0.05, 0) is 12.8 Å². The van der Waals surface area contributed by atoms with Crippen molar-refractivity contribution in [3.8, 4) is 0 Å². The van der Waals surface area contributed by atoms with E-state index in [4.69, 9.17) is 0 Å². The van der Waals surface area contributed by atoms with Gasteiger partial charge in [0.15, 0.2) is 0 Å². The summed E-state index contributed by atoms with van der Waals surface area (Å²) in [5, 5.41) is 0. The zero-order valence-electron chi connectivity index (χ0n) is 5.60. The molecule has 0 aromatic carbocycles. The lowest BCUT2D eigenvalue weighted by Gasteiger charge is -2.15. The molecule has 2 fully saturated rings. The summed E-state index contributed by atoms with van der Waals surface area (Å²) in [4.78, 5) is 10.6. The van der Waals surface area contributed by atoms with Crippen molar-refractivity contribution in [1.29, 1.82) is 0 Å². The van der Waals surface area contributed by atoms with Crippen LogP contribution in [0.1, 0.15) is 25.7 Å². The van der Waals surface area contributed by atoms with Gasteiger partial charge in [0.25, 0.3) is 5.85 Å². The number of rotatable bonds is 0. The molecule has 0 spiro atoms. The molecule has 10 heavy (non-hydrogen) atoms. The van der Waals surface area contributed by atoms with E-state index < -0.39 is 5.85 Å². The van der Waals surface area contributed by atoms with E-state index in [-0.39, 0.29) is 18.3 Å². The molecule has 3 heteroatoms. The number of hydrogen-bond donors (Lipinski definition) is 0. The second kappa shape index (κ2) is 1.71. The summed E-state index contributed by atoms with van der Waals surface area (Å²) in [6.07, 6.45) is 2.36. The molecule has 2 atom stereocenters. The van der Waals surface area contributed by atoms with Crippen LogP contribution >= 0.6 is 0 Å². The van der Waals surface area contributed by atoms with E-state index in [0.717, 1.165) is 12.8 Å². The molecule has 1 aliphatic carbocycles. The molecule has 0 unspecified atom stereocenters. The molecule has 1 aliphatic heterocycles. The van der Waals surface area contributed by atoms with E-state index in [1.807, 2.05) is 0 Å². The average molecular weight is 144 g/mol. The lowest BCUT2D eigenvalue weighted by molar-refractivity contribution is -0.166. The molecule has 1 heterocycles. The molecule has 2 rings (SSSR count). The lowest BCUT2D eigenvalue weighted by atomic mass is 10.0. The zero-order valence-corrected chi connectivity index (χ0v) is 5.60. The molecule has 2 aliphatic rings. The summed E-state index contributed by atoms with van der Waals surface area (Å²) in [5.41, 5.74) is 0. The van der Waals surface area contributed by atoms with E-state index in [1.165, 1.54) is 0 Å². The number of fused-ring (bicyclic) bond motifs is 1. The van der Waals surface area contributed by atoms with Gasteiger partial charge in [-0.1, -0.05) is 0 Å². The van der Waals surface area contributed by atoms with Crippen LogP contribution in [0.2, 0.25) is 0 Å². The first-order valence-corrected chi connectivity index (χ1v) is 3.61. The first kappa shape index (κ1) is 6.13. The van der Waals surface area contributed by atoms with Crippen LogP contribution in [0.4, 0.5) is 4.39 Å². The molecule has 2 nitrogen and oxygen atoms in total. The Kier molecular flexibility index (Phi) is 1.05. The minimum atomic E-state index is -1.57. The van der Waals surface area contributed by atoms with Gasteiger partial charge >= 0.3 is 5.97 Å². The molecular formula is C7H9FO2. The van der Waals surface area contributed by atoms with Crippen LogP contribution < -0.4 is 0 Å². The summed E-state index contributed by atoms with van der Waals surface area (Å²) >= 11 is 0. The predicted octanol–water partition coefficient (Wildman–Crippen LogP) is 1.40. The monoisotopic (exact) mass is 144 g/mol. The highest BCUT2D eigenvalue weighted by Crippen LogP contribution is 2.46. The first-order chi connectivity index (χ1) is 4.71. The largest absolute Gasteiger partial charge is 0.428 e. The van der Waals surface area contributed by atoms with E-state index in [9.17, 15) is 9.18 Å². The fourth-order valence-corrected chi connectivity index (χ4v) is 1.83. The summed E-state index contributed by atoms with van der Waals surface area (Å²) < 4.78 is 17.9. The first-order valence-electron chi connectivity index (χ1n) is 3.61. The zero-order chi connectivity index (χ0) is 7.19. The van der Waals surface area contributed by atoms with Gasteiger partial charge in [0.2, 0.25) is 0 Å². The van der Waals surface area contributed by atoms with Crippen LogP contribution in [0.15, 0.2) is 0 Å². The Morgan fingerprint density at radius 2 is 2.50 bits per heavy atom. The predicted molar refractivity (Wildman–Crippen MR) is 31.9 cm³/mol. The number of halogens is 1. The molecule has 0 aromatic rings. The highest BCUT2D eigenvalue weighted by atomic mass is 19.2. The minimum absolute atomic E-state index is 0.139. The summed E-state index contributed by atoms with van der Waals surface area (Å²) in [7, 11) is 0. The molecular weight excluding hydrogens is 135 g/mol. The molecule has 0 aromatic heterocycles. The molecule has 0 amide bonds. The maximum Gasteiger partial charge on any atom is 0.309 e. The molecule has 56 valence electrons. The second-order valence-electron chi connectivity index (χ2n) is 3.05. The standard InChI is InChI=1S/C7H9FO2/c8-7-3-1-2-5(7)4-6(9)10-7/h5H,1-4H2/t5-,7-/m1/s1. The van der Waals surface area contributed by atoms with E-state index in [2.05, 4.69) is 4.74 Å². The van der Waals surface area contributed by atoms with Gasteiger partial charge in [-0.15, -0.1) is 0 Å². The van der Waals surface area contributed by atoms with Gasteiger partial charge in [-0.3, -0.25) is 4.79 Å². The molecule has 0 radical (unpaired) electrons. The number of carbonyl (C=O) groups excluding carboxylic acids is 1. The molecule has 0 bridgehead atoms. The SMILES string of the molecule is O=C1C[C@H]2CCC[C@@]2(F)O1. The second-order valence-corrected chi connectivity index (χ2v) is 3.05. The lowest BCUT2D eigenvalue weighted by Crippen LogP contribution is -2.23. The Labute approximate surface area is 58.4 Å². The Balaban J connectivity index is 2.22. The van der Waals surface area contributed by atoms with Gasteiger partial charge in [-0.2, -0.15) is 4.39 Å². The van der Waals surface area contributed by atoms with Crippen molar-refractivity contribution in [2.24, 2.45) is 5.92 Å². The average Bonchev–Trinajstić information content (AvgIpc) is 2.20.